The number of amides is 1. The molecule has 0 saturated carbocycles. The molecule has 2 fully saturated rings. The van der Waals surface area contributed by atoms with Crippen LogP contribution in [0.1, 0.15) is 26.2 Å². The molecule has 5 heteroatoms. The molecule has 0 radical (unpaired) electrons. The van der Waals surface area contributed by atoms with E-state index in [9.17, 15) is 9.90 Å². The number of para-hydroxylation sites is 1. The number of hydrogen-bond acceptors (Lipinski definition) is 3. The van der Waals surface area contributed by atoms with Crippen molar-refractivity contribution in [2.45, 2.75) is 38.3 Å². The molecule has 0 spiro atoms. The van der Waals surface area contributed by atoms with Gasteiger partial charge in [-0.3, -0.25) is 9.69 Å². The summed E-state index contributed by atoms with van der Waals surface area (Å²) < 4.78 is 0. The van der Waals surface area contributed by atoms with E-state index >= 15 is 0 Å². The van der Waals surface area contributed by atoms with Gasteiger partial charge in [-0.05, 0) is 57.3 Å². The minimum Gasteiger partial charge on any atom is -0.393 e. The fourth-order valence-corrected chi connectivity index (χ4v) is 3.86. The average Bonchev–Trinajstić information content (AvgIpc) is 2.89. The Morgan fingerprint density at radius 3 is 2.50 bits per heavy atom. The van der Waals surface area contributed by atoms with E-state index in [2.05, 4.69) is 4.90 Å². The minimum absolute atomic E-state index is 0.0359. The van der Waals surface area contributed by atoms with Crippen LogP contribution in [0.4, 0.5) is 5.69 Å². The highest BCUT2D eigenvalue weighted by atomic mass is 35.5. The average molecular weight is 323 g/mol. The van der Waals surface area contributed by atoms with Gasteiger partial charge in [-0.25, -0.2) is 0 Å². The van der Waals surface area contributed by atoms with E-state index in [1.807, 2.05) is 36.1 Å². The summed E-state index contributed by atoms with van der Waals surface area (Å²) in [6.07, 6.45) is 2.53. The lowest BCUT2D eigenvalue weighted by atomic mass is 9.91. The Hall–Kier alpha value is -1.10. The quantitative estimate of drug-likeness (QED) is 0.930. The number of piperidine rings is 1. The molecule has 3 rings (SSSR count). The highest BCUT2D eigenvalue weighted by Gasteiger charge is 2.38. The van der Waals surface area contributed by atoms with Gasteiger partial charge in [-0.1, -0.05) is 23.7 Å². The molecule has 0 aliphatic carbocycles. The lowest BCUT2D eigenvalue weighted by Gasteiger charge is -2.36. The summed E-state index contributed by atoms with van der Waals surface area (Å²) in [5, 5.41) is 10.3. The normalized spacial score (nSPS) is 25.7. The summed E-state index contributed by atoms with van der Waals surface area (Å²) in [6, 6.07) is 7.49. The van der Waals surface area contributed by atoms with Gasteiger partial charge in [0.1, 0.15) is 0 Å². The molecule has 0 aromatic heterocycles. The number of rotatable bonds is 3. The zero-order valence-corrected chi connectivity index (χ0v) is 13.7. The Kier molecular flexibility index (Phi) is 4.71. The first-order chi connectivity index (χ1) is 10.6. The predicted molar refractivity (Wildman–Crippen MR) is 88.2 cm³/mol. The summed E-state index contributed by atoms with van der Waals surface area (Å²) in [5.41, 5.74) is 0.815. The standard InChI is InChI=1S/C17H23ClN2O2/c1-12(21)13-6-9-19(10-7-13)16-8-11-20(17(16)22)15-5-3-2-4-14(15)18/h2-5,12-13,16,21H,6-11H2,1H3. The highest BCUT2D eigenvalue weighted by molar-refractivity contribution is 6.33. The Bertz CT molecular complexity index is 541. The first-order valence-electron chi connectivity index (χ1n) is 8.06. The van der Waals surface area contributed by atoms with Crippen molar-refractivity contribution < 1.29 is 9.90 Å². The van der Waals surface area contributed by atoms with Crippen LogP contribution in [0.3, 0.4) is 0 Å². The molecular weight excluding hydrogens is 300 g/mol. The Morgan fingerprint density at radius 1 is 1.18 bits per heavy atom. The Balaban J connectivity index is 1.66. The zero-order chi connectivity index (χ0) is 15.7. The maximum absolute atomic E-state index is 12.7. The fourth-order valence-electron chi connectivity index (χ4n) is 3.63. The van der Waals surface area contributed by atoms with E-state index in [0.29, 0.717) is 10.9 Å². The summed E-state index contributed by atoms with van der Waals surface area (Å²) in [7, 11) is 0. The number of likely N-dealkylation sites (tertiary alicyclic amines) is 1. The molecule has 2 unspecified atom stereocenters. The number of aliphatic hydroxyl groups is 1. The second-order valence-corrected chi connectivity index (χ2v) is 6.77. The van der Waals surface area contributed by atoms with Crippen LogP contribution in [0.25, 0.3) is 0 Å². The zero-order valence-electron chi connectivity index (χ0n) is 12.9. The second-order valence-electron chi connectivity index (χ2n) is 6.36. The van der Waals surface area contributed by atoms with Gasteiger partial charge in [-0.2, -0.15) is 0 Å². The molecule has 22 heavy (non-hydrogen) atoms. The lowest BCUT2D eigenvalue weighted by Crippen LogP contribution is -2.47. The first-order valence-corrected chi connectivity index (χ1v) is 8.43. The number of hydrogen-bond donors (Lipinski definition) is 1. The van der Waals surface area contributed by atoms with Crippen molar-refractivity contribution in [3.8, 4) is 0 Å². The molecule has 120 valence electrons. The van der Waals surface area contributed by atoms with Crippen LogP contribution in [0.5, 0.6) is 0 Å². The van der Waals surface area contributed by atoms with E-state index in [1.165, 1.54) is 0 Å². The van der Waals surface area contributed by atoms with Gasteiger partial charge in [0, 0.05) is 6.54 Å². The molecule has 1 amide bonds. The predicted octanol–water partition coefficient (Wildman–Crippen LogP) is 2.54. The number of carbonyl (C=O) groups is 1. The van der Waals surface area contributed by atoms with Crippen molar-refractivity contribution in [1.29, 1.82) is 0 Å². The molecule has 2 aliphatic heterocycles. The third-order valence-electron chi connectivity index (χ3n) is 5.02. The van der Waals surface area contributed by atoms with Gasteiger partial charge in [0.25, 0.3) is 0 Å². The third kappa shape index (κ3) is 3.00. The second kappa shape index (κ2) is 6.57. The number of halogens is 1. The van der Waals surface area contributed by atoms with E-state index in [1.54, 1.807) is 0 Å². The molecule has 1 aromatic carbocycles. The van der Waals surface area contributed by atoms with Crippen LogP contribution in [-0.4, -0.2) is 47.7 Å². The van der Waals surface area contributed by atoms with Crippen LogP contribution < -0.4 is 4.90 Å². The van der Waals surface area contributed by atoms with Gasteiger partial charge in [0.2, 0.25) is 5.91 Å². The summed E-state index contributed by atoms with van der Waals surface area (Å²) in [4.78, 5) is 16.8. The van der Waals surface area contributed by atoms with Crippen molar-refractivity contribution in [3.05, 3.63) is 29.3 Å². The van der Waals surface area contributed by atoms with Gasteiger partial charge >= 0.3 is 0 Å². The molecule has 2 aliphatic rings. The Morgan fingerprint density at radius 2 is 1.86 bits per heavy atom. The molecular formula is C17H23ClN2O2. The van der Waals surface area contributed by atoms with Crippen molar-refractivity contribution in [3.63, 3.8) is 0 Å². The third-order valence-corrected chi connectivity index (χ3v) is 5.34. The molecule has 4 nitrogen and oxygen atoms in total. The number of benzene rings is 1. The fraction of sp³-hybridized carbons (Fsp3) is 0.588. The Labute approximate surface area is 136 Å². The van der Waals surface area contributed by atoms with Gasteiger partial charge < -0.3 is 10.0 Å². The largest absolute Gasteiger partial charge is 0.393 e. The summed E-state index contributed by atoms with van der Waals surface area (Å²) >= 11 is 6.22. The van der Waals surface area contributed by atoms with Gasteiger partial charge in [-0.15, -0.1) is 0 Å². The topological polar surface area (TPSA) is 43.8 Å². The number of aliphatic hydroxyl groups excluding tert-OH is 1. The maximum Gasteiger partial charge on any atom is 0.244 e. The van der Waals surface area contributed by atoms with E-state index in [4.69, 9.17) is 11.6 Å². The van der Waals surface area contributed by atoms with Crippen LogP contribution in [0.2, 0.25) is 5.02 Å². The molecule has 1 N–H and O–H groups in total. The summed E-state index contributed by atoms with van der Waals surface area (Å²) in [6.45, 7) is 4.37. The smallest absolute Gasteiger partial charge is 0.244 e. The van der Waals surface area contributed by atoms with Gasteiger partial charge in [0.05, 0.1) is 22.9 Å². The maximum atomic E-state index is 12.7. The highest BCUT2D eigenvalue weighted by Crippen LogP contribution is 2.32. The van der Waals surface area contributed by atoms with E-state index < -0.39 is 0 Å². The number of nitrogens with zero attached hydrogens (tertiary/aromatic N) is 2. The number of anilines is 1. The van der Waals surface area contributed by atoms with Crippen LogP contribution in [-0.2, 0) is 4.79 Å². The van der Waals surface area contributed by atoms with Gasteiger partial charge in [0.15, 0.2) is 0 Å². The molecule has 2 atom stereocenters. The molecule has 2 saturated heterocycles. The number of carbonyl (C=O) groups excluding carboxylic acids is 1. The SMILES string of the molecule is CC(O)C1CCN(C2CCN(c3ccccc3Cl)C2=O)CC1. The molecule has 1 aromatic rings. The molecule has 2 heterocycles. The van der Waals surface area contributed by atoms with Crippen molar-refractivity contribution in [1.82, 2.24) is 4.90 Å². The lowest BCUT2D eigenvalue weighted by molar-refractivity contribution is -0.122. The monoisotopic (exact) mass is 322 g/mol. The van der Waals surface area contributed by atoms with E-state index in [0.717, 1.165) is 44.6 Å². The first kappa shape index (κ1) is 15.8. The summed E-state index contributed by atoms with van der Waals surface area (Å²) in [5.74, 6) is 0.524. The minimum atomic E-state index is -0.249. The molecule has 0 bridgehead atoms. The van der Waals surface area contributed by atoms with E-state index in [-0.39, 0.29) is 18.1 Å². The van der Waals surface area contributed by atoms with Crippen molar-refractivity contribution in [2.75, 3.05) is 24.5 Å². The van der Waals surface area contributed by atoms with Crippen LogP contribution in [0, 0.1) is 5.92 Å². The van der Waals surface area contributed by atoms with Crippen molar-refractivity contribution in [2.24, 2.45) is 5.92 Å². The van der Waals surface area contributed by atoms with Crippen LogP contribution >= 0.6 is 11.6 Å². The van der Waals surface area contributed by atoms with Crippen LogP contribution in [0.15, 0.2) is 24.3 Å². The van der Waals surface area contributed by atoms with Crippen molar-refractivity contribution >= 4 is 23.2 Å².